The first-order valence-corrected chi connectivity index (χ1v) is 7.76. The highest BCUT2D eigenvalue weighted by atomic mass is 79.9. The van der Waals surface area contributed by atoms with Gasteiger partial charge in [0.1, 0.15) is 4.60 Å². The van der Waals surface area contributed by atoms with Crippen LogP contribution in [0.3, 0.4) is 0 Å². The molecule has 1 aliphatic rings. The lowest BCUT2D eigenvalue weighted by Crippen LogP contribution is -2.30. The Morgan fingerprint density at radius 2 is 2.04 bits per heavy atom. The van der Waals surface area contributed by atoms with Crippen LogP contribution < -0.4 is 4.90 Å². The summed E-state index contributed by atoms with van der Waals surface area (Å²) < 4.78 is 51.6. The van der Waals surface area contributed by atoms with Gasteiger partial charge in [-0.2, -0.15) is 13.2 Å². The molecule has 2 aromatic rings. The normalized spacial score (nSPS) is 14.7. The first-order valence-electron chi connectivity index (χ1n) is 6.96. The van der Waals surface area contributed by atoms with Crippen molar-refractivity contribution in [1.82, 2.24) is 9.97 Å². The van der Waals surface area contributed by atoms with Gasteiger partial charge in [0, 0.05) is 18.8 Å². The van der Waals surface area contributed by atoms with E-state index in [-0.39, 0.29) is 4.60 Å². The molecule has 0 amide bonds. The highest BCUT2D eigenvalue weighted by Crippen LogP contribution is 2.31. The highest BCUT2D eigenvalue weighted by Gasteiger charge is 2.30. The summed E-state index contributed by atoms with van der Waals surface area (Å²) in [5, 5.41) is 0. The Morgan fingerprint density at radius 3 is 2.70 bits per heavy atom. The Morgan fingerprint density at radius 1 is 1.26 bits per heavy atom. The van der Waals surface area contributed by atoms with Crippen LogP contribution in [0, 0.1) is 5.82 Å². The van der Waals surface area contributed by atoms with E-state index >= 15 is 0 Å². The summed E-state index contributed by atoms with van der Waals surface area (Å²) in [5.74, 6) is -0.462. The zero-order valence-corrected chi connectivity index (χ0v) is 13.5. The third kappa shape index (κ3) is 3.46. The molecule has 0 saturated carbocycles. The molecule has 0 radical (unpaired) electrons. The number of aryl methyl sites for hydroxylation is 1. The predicted molar refractivity (Wildman–Crippen MR) is 80.5 cm³/mol. The van der Waals surface area contributed by atoms with Gasteiger partial charge in [-0.3, -0.25) is 4.98 Å². The van der Waals surface area contributed by atoms with Gasteiger partial charge in [0.15, 0.2) is 5.82 Å². The third-order valence-electron chi connectivity index (χ3n) is 3.68. The average Bonchev–Trinajstić information content (AvgIpc) is 2.49. The van der Waals surface area contributed by atoms with Crippen LogP contribution in [-0.4, -0.2) is 16.5 Å². The van der Waals surface area contributed by atoms with Gasteiger partial charge >= 0.3 is 6.18 Å². The van der Waals surface area contributed by atoms with E-state index in [1.54, 1.807) is 0 Å². The van der Waals surface area contributed by atoms with Crippen molar-refractivity contribution in [2.45, 2.75) is 25.6 Å². The lowest BCUT2D eigenvalue weighted by molar-refractivity contribution is -0.137. The standard InChI is InChI=1S/C15H12BrF4N3/c16-14-11(17)6-13-12(22-14)2-1-5-23(13)8-10-4-3-9(7-21-10)15(18,19)20/h3-4,6-7H,1-2,5,8H2. The van der Waals surface area contributed by atoms with Crippen molar-refractivity contribution in [3.05, 3.63) is 51.8 Å². The minimum Gasteiger partial charge on any atom is -0.364 e. The first kappa shape index (κ1) is 16.2. The van der Waals surface area contributed by atoms with E-state index in [0.29, 0.717) is 24.5 Å². The maximum absolute atomic E-state index is 13.7. The molecule has 0 spiro atoms. The van der Waals surface area contributed by atoms with Crippen LogP contribution in [0.25, 0.3) is 0 Å². The molecule has 2 aromatic heterocycles. The quantitative estimate of drug-likeness (QED) is 0.564. The summed E-state index contributed by atoms with van der Waals surface area (Å²) in [6, 6.07) is 3.75. The molecule has 0 N–H and O–H groups in total. The Bertz CT molecular complexity index is 716. The van der Waals surface area contributed by atoms with Crippen LogP contribution in [0.5, 0.6) is 0 Å². The van der Waals surface area contributed by atoms with Gasteiger partial charge in [-0.1, -0.05) is 0 Å². The fourth-order valence-corrected chi connectivity index (χ4v) is 2.88. The molecule has 3 rings (SSSR count). The number of halogens is 5. The molecule has 3 heterocycles. The molecule has 3 nitrogen and oxygen atoms in total. The third-order valence-corrected chi connectivity index (χ3v) is 4.23. The van der Waals surface area contributed by atoms with Gasteiger partial charge in [0.2, 0.25) is 0 Å². The van der Waals surface area contributed by atoms with E-state index in [2.05, 4.69) is 25.9 Å². The second kappa shape index (κ2) is 6.07. The van der Waals surface area contributed by atoms with Crippen LogP contribution in [0.4, 0.5) is 23.2 Å². The molecule has 0 unspecified atom stereocenters. The molecular formula is C15H12BrF4N3. The number of alkyl halides is 3. The van der Waals surface area contributed by atoms with Gasteiger partial charge in [0.25, 0.3) is 0 Å². The van der Waals surface area contributed by atoms with Crippen LogP contribution in [-0.2, 0) is 19.1 Å². The molecule has 0 bridgehead atoms. The number of rotatable bonds is 2. The van der Waals surface area contributed by atoms with Crippen molar-refractivity contribution >= 4 is 21.6 Å². The SMILES string of the molecule is Fc1cc2c(nc1Br)CCCN2Cc1ccc(C(F)(F)F)cn1. The minimum atomic E-state index is -4.40. The maximum Gasteiger partial charge on any atom is 0.417 e. The van der Waals surface area contributed by atoms with E-state index in [0.717, 1.165) is 30.8 Å². The van der Waals surface area contributed by atoms with E-state index < -0.39 is 17.6 Å². The van der Waals surface area contributed by atoms with Crippen molar-refractivity contribution < 1.29 is 17.6 Å². The van der Waals surface area contributed by atoms with Gasteiger partial charge in [-0.25, -0.2) is 9.37 Å². The summed E-state index contributed by atoms with van der Waals surface area (Å²) in [4.78, 5) is 9.94. The van der Waals surface area contributed by atoms with Crippen molar-refractivity contribution in [3.63, 3.8) is 0 Å². The number of fused-ring (bicyclic) bond motifs is 1. The summed E-state index contributed by atoms with van der Waals surface area (Å²) in [7, 11) is 0. The molecule has 0 saturated heterocycles. The largest absolute Gasteiger partial charge is 0.417 e. The van der Waals surface area contributed by atoms with Crippen molar-refractivity contribution in [3.8, 4) is 0 Å². The Labute approximate surface area is 138 Å². The highest BCUT2D eigenvalue weighted by molar-refractivity contribution is 9.10. The van der Waals surface area contributed by atoms with E-state index in [4.69, 9.17) is 0 Å². The Kier molecular flexibility index (Phi) is 4.27. The fraction of sp³-hybridized carbons (Fsp3) is 0.333. The van der Waals surface area contributed by atoms with Crippen molar-refractivity contribution in [1.29, 1.82) is 0 Å². The van der Waals surface area contributed by atoms with Gasteiger partial charge in [-0.05, 0) is 40.9 Å². The average molecular weight is 390 g/mol. The van der Waals surface area contributed by atoms with Crippen LogP contribution in [0.1, 0.15) is 23.4 Å². The van der Waals surface area contributed by atoms with Gasteiger partial charge in [-0.15, -0.1) is 0 Å². The fourth-order valence-electron chi connectivity index (χ4n) is 2.55. The molecular weight excluding hydrogens is 378 g/mol. The van der Waals surface area contributed by atoms with E-state index in [1.165, 1.54) is 12.1 Å². The second-order valence-electron chi connectivity index (χ2n) is 5.29. The van der Waals surface area contributed by atoms with Crippen LogP contribution >= 0.6 is 15.9 Å². The summed E-state index contributed by atoms with van der Waals surface area (Å²) in [6.07, 6.45) is -1.99. The van der Waals surface area contributed by atoms with Crippen LogP contribution in [0.2, 0.25) is 0 Å². The first-order chi connectivity index (χ1) is 10.8. The van der Waals surface area contributed by atoms with Gasteiger partial charge in [0.05, 0.1) is 29.2 Å². The lowest BCUT2D eigenvalue weighted by atomic mass is 10.1. The van der Waals surface area contributed by atoms with Gasteiger partial charge < -0.3 is 4.90 Å². The Balaban J connectivity index is 1.83. The molecule has 0 fully saturated rings. The maximum atomic E-state index is 13.7. The number of aromatic nitrogens is 2. The topological polar surface area (TPSA) is 29.0 Å². The van der Waals surface area contributed by atoms with E-state index in [9.17, 15) is 17.6 Å². The molecule has 8 heteroatoms. The molecule has 1 aliphatic heterocycles. The summed E-state index contributed by atoms with van der Waals surface area (Å²) in [6.45, 7) is 0.992. The minimum absolute atomic E-state index is 0.172. The number of hydrogen-bond acceptors (Lipinski definition) is 3. The molecule has 122 valence electrons. The number of pyridine rings is 2. The lowest BCUT2D eigenvalue weighted by Gasteiger charge is -2.30. The van der Waals surface area contributed by atoms with Crippen LogP contribution in [0.15, 0.2) is 29.0 Å². The summed E-state index contributed by atoms with van der Waals surface area (Å²) >= 11 is 3.06. The van der Waals surface area contributed by atoms with Crippen molar-refractivity contribution in [2.24, 2.45) is 0 Å². The number of nitrogens with zero attached hydrogens (tertiary/aromatic N) is 3. The predicted octanol–water partition coefficient (Wildman–Crippen LogP) is 4.35. The molecule has 0 atom stereocenters. The Hall–Kier alpha value is -1.70. The zero-order valence-electron chi connectivity index (χ0n) is 11.9. The molecule has 23 heavy (non-hydrogen) atoms. The monoisotopic (exact) mass is 389 g/mol. The number of anilines is 1. The smallest absolute Gasteiger partial charge is 0.364 e. The molecule has 0 aromatic carbocycles. The summed E-state index contributed by atoms with van der Waals surface area (Å²) in [5.41, 5.74) is 1.15. The van der Waals surface area contributed by atoms with Crippen molar-refractivity contribution in [2.75, 3.05) is 11.4 Å². The van der Waals surface area contributed by atoms with E-state index in [1.807, 2.05) is 4.90 Å². The molecule has 0 aliphatic carbocycles. The zero-order chi connectivity index (χ0) is 16.6. The number of hydrogen-bond donors (Lipinski definition) is 0. The second-order valence-corrected chi connectivity index (χ2v) is 6.04.